The molecule has 0 rings (SSSR count). The number of halogens is 2. The van der Waals surface area contributed by atoms with Crippen molar-refractivity contribution in [3.05, 3.63) is 0 Å². The van der Waals surface area contributed by atoms with Crippen molar-refractivity contribution in [1.82, 2.24) is 0 Å². The van der Waals surface area contributed by atoms with E-state index in [0.717, 1.165) is 0 Å². The fraction of sp³-hybridized carbons (Fsp3) is 0.875. The molecule has 0 heterocycles. The Bertz CT molecular complexity index is 164. The van der Waals surface area contributed by atoms with E-state index in [-0.39, 0.29) is 18.8 Å². The first-order valence-electron chi connectivity index (χ1n) is 4.30. The molecule has 1 amide bonds. The molecule has 0 aromatic rings. The van der Waals surface area contributed by atoms with Gasteiger partial charge in [-0.3, -0.25) is 4.79 Å². The van der Waals surface area contributed by atoms with Gasteiger partial charge in [0.15, 0.2) is 0 Å². The fourth-order valence-electron chi connectivity index (χ4n) is 1.16. The summed E-state index contributed by atoms with van der Waals surface area (Å²) in [6, 6.07) is -0.802. The summed E-state index contributed by atoms with van der Waals surface area (Å²) >= 11 is 0. The summed E-state index contributed by atoms with van der Waals surface area (Å²) in [5.74, 6) is -0.852. The summed E-state index contributed by atoms with van der Waals surface area (Å²) in [6.07, 6.45) is -1.72. The minimum Gasteiger partial charge on any atom is -0.368 e. The van der Waals surface area contributed by atoms with Crippen molar-refractivity contribution in [3.8, 4) is 0 Å². The maximum absolute atomic E-state index is 12.0. The van der Waals surface area contributed by atoms with Crippen molar-refractivity contribution < 1.29 is 13.6 Å². The highest BCUT2D eigenvalue weighted by Crippen LogP contribution is 2.18. The Kier molecular flexibility index (Phi) is 5.53. The van der Waals surface area contributed by atoms with Crippen LogP contribution in [0.4, 0.5) is 8.78 Å². The van der Waals surface area contributed by atoms with E-state index in [1.165, 1.54) is 0 Å². The molecule has 3 nitrogen and oxygen atoms in total. The van der Waals surface area contributed by atoms with Crippen LogP contribution in [0.1, 0.15) is 26.2 Å². The van der Waals surface area contributed by atoms with Crippen LogP contribution in [0.25, 0.3) is 0 Å². The van der Waals surface area contributed by atoms with E-state index < -0.39 is 18.4 Å². The molecule has 0 aliphatic carbocycles. The lowest BCUT2D eigenvalue weighted by atomic mass is 9.94. The fourth-order valence-corrected chi connectivity index (χ4v) is 1.16. The summed E-state index contributed by atoms with van der Waals surface area (Å²) in [5, 5.41) is 0. The minimum atomic E-state index is -2.34. The lowest BCUT2D eigenvalue weighted by molar-refractivity contribution is -0.119. The molecule has 0 radical (unpaired) electrons. The number of hydrogen-bond acceptors (Lipinski definition) is 2. The van der Waals surface area contributed by atoms with Crippen LogP contribution in [0.2, 0.25) is 0 Å². The van der Waals surface area contributed by atoms with Crippen LogP contribution in [-0.4, -0.2) is 18.4 Å². The van der Waals surface area contributed by atoms with Crippen LogP contribution in [0.15, 0.2) is 0 Å². The van der Waals surface area contributed by atoms with Crippen molar-refractivity contribution in [3.63, 3.8) is 0 Å². The average molecular weight is 194 g/mol. The average Bonchev–Trinajstić information content (AvgIpc) is 2.02. The molecular formula is C8H16F2N2O. The van der Waals surface area contributed by atoms with Gasteiger partial charge in [-0.15, -0.1) is 0 Å². The Morgan fingerprint density at radius 1 is 1.38 bits per heavy atom. The van der Waals surface area contributed by atoms with Gasteiger partial charge >= 0.3 is 0 Å². The number of primary amides is 1. The molecule has 0 aromatic heterocycles. The number of amides is 1. The van der Waals surface area contributed by atoms with Crippen molar-refractivity contribution >= 4 is 5.91 Å². The lowest BCUT2D eigenvalue weighted by Crippen LogP contribution is -2.38. The van der Waals surface area contributed by atoms with Crippen LogP contribution in [0.5, 0.6) is 0 Å². The molecule has 5 heteroatoms. The summed E-state index contributed by atoms with van der Waals surface area (Å²) in [6.45, 7) is 1.79. The van der Waals surface area contributed by atoms with Crippen LogP contribution in [-0.2, 0) is 4.79 Å². The molecule has 0 fully saturated rings. The quantitative estimate of drug-likeness (QED) is 0.658. The molecule has 0 aliphatic rings. The van der Waals surface area contributed by atoms with E-state index in [1.54, 1.807) is 6.92 Å². The van der Waals surface area contributed by atoms with Gasteiger partial charge in [0.25, 0.3) is 0 Å². The Hall–Kier alpha value is -0.710. The standard InChI is InChI=1S/C8H16F2N2O/c1-2-5(4-7(9)10)3-6(11)8(12)13/h5-7H,2-4,11H2,1H3,(H2,12,13). The maximum Gasteiger partial charge on any atom is 0.238 e. The maximum atomic E-state index is 12.0. The van der Waals surface area contributed by atoms with Gasteiger partial charge in [0, 0.05) is 6.42 Å². The number of carbonyl (C=O) groups is 1. The minimum absolute atomic E-state index is 0.211. The van der Waals surface area contributed by atoms with E-state index in [1.807, 2.05) is 0 Å². The molecule has 2 unspecified atom stereocenters. The molecule has 0 aromatic carbocycles. The molecule has 0 aliphatic heterocycles. The molecule has 78 valence electrons. The van der Waals surface area contributed by atoms with E-state index in [4.69, 9.17) is 11.5 Å². The predicted molar refractivity (Wildman–Crippen MR) is 46.2 cm³/mol. The van der Waals surface area contributed by atoms with Gasteiger partial charge in [0.1, 0.15) is 0 Å². The second-order valence-electron chi connectivity index (χ2n) is 3.15. The molecule has 0 bridgehead atoms. The monoisotopic (exact) mass is 194 g/mol. The molecule has 0 saturated heterocycles. The van der Waals surface area contributed by atoms with Gasteiger partial charge in [-0.1, -0.05) is 13.3 Å². The summed E-state index contributed by atoms with van der Waals surface area (Å²) in [7, 11) is 0. The molecular weight excluding hydrogens is 178 g/mol. The summed E-state index contributed by atoms with van der Waals surface area (Å²) < 4.78 is 23.9. The first-order chi connectivity index (χ1) is 5.97. The molecule has 0 saturated carbocycles. The second kappa shape index (κ2) is 5.85. The van der Waals surface area contributed by atoms with E-state index in [2.05, 4.69) is 0 Å². The smallest absolute Gasteiger partial charge is 0.238 e. The third kappa shape index (κ3) is 5.52. The normalized spacial score (nSPS) is 15.8. The summed E-state index contributed by atoms with van der Waals surface area (Å²) in [4.78, 5) is 10.5. The van der Waals surface area contributed by atoms with E-state index >= 15 is 0 Å². The van der Waals surface area contributed by atoms with Crippen LogP contribution >= 0.6 is 0 Å². The van der Waals surface area contributed by atoms with Crippen molar-refractivity contribution in [2.75, 3.05) is 0 Å². The Morgan fingerprint density at radius 3 is 2.23 bits per heavy atom. The molecule has 0 spiro atoms. The first-order valence-corrected chi connectivity index (χ1v) is 4.30. The molecule has 2 atom stereocenters. The predicted octanol–water partition coefficient (Wildman–Crippen LogP) is 0.871. The van der Waals surface area contributed by atoms with Crippen LogP contribution < -0.4 is 11.5 Å². The van der Waals surface area contributed by atoms with Gasteiger partial charge in [-0.25, -0.2) is 8.78 Å². The first kappa shape index (κ1) is 12.3. The van der Waals surface area contributed by atoms with Gasteiger partial charge in [0.2, 0.25) is 12.3 Å². The van der Waals surface area contributed by atoms with Crippen LogP contribution in [0.3, 0.4) is 0 Å². The zero-order valence-corrected chi connectivity index (χ0v) is 7.67. The zero-order chi connectivity index (χ0) is 10.4. The van der Waals surface area contributed by atoms with Crippen molar-refractivity contribution in [1.29, 1.82) is 0 Å². The van der Waals surface area contributed by atoms with Crippen molar-refractivity contribution in [2.24, 2.45) is 17.4 Å². The number of alkyl halides is 2. The topological polar surface area (TPSA) is 69.1 Å². The highest BCUT2D eigenvalue weighted by Gasteiger charge is 2.19. The highest BCUT2D eigenvalue weighted by molar-refractivity contribution is 5.79. The number of rotatable bonds is 6. The van der Waals surface area contributed by atoms with Gasteiger partial charge in [-0.2, -0.15) is 0 Å². The highest BCUT2D eigenvalue weighted by atomic mass is 19.3. The van der Waals surface area contributed by atoms with Crippen molar-refractivity contribution in [2.45, 2.75) is 38.7 Å². The second-order valence-corrected chi connectivity index (χ2v) is 3.15. The number of hydrogen-bond donors (Lipinski definition) is 2. The third-order valence-electron chi connectivity index (χ3n) is 2.04. The van der Waals surface area contributed by atoms with Gasteiger partial charge < -0.3 is 11.5 Å². The number of nitrogens with two attached hydrogens (primary N) is 2. The van der Waals surface area contributed by atoms with Crippen LogP contribution in [0, 0.1) is 5.92 Å². The summed E-state index contributed by atoms with van der Waals surface area (Å²) in [5.41, 5.74) is 10.3. The lowest BCUT2D eigenvalue weighted by Gasteiger charge is -2.16. The van der Waals surface area contributed by atoms with Gasteiger partial charge in [0.05, 0.1) is 6.04 Å². The SMILES string of the molecule is CCC(CC(F)F)CC(N)C(N)=O. The Balaban J connectivity index is 3.90. The number of carbonyl (C=O) groups excluding carboxylic acids is 1. The third-order valence-corrected chi connectivity index (χ3v) is 2.04. The van der Waals surface area contributed by atoms with E-state index in [0.29, 0.717) is 6.42 Å². The van der Waals surface area contributed by atoms with Gasteiger partial charge in [-0.05, 0) is 12.3 Å². The zero-order valence-electron chi connectivity index (χ0n) is 7.67. The Morgan fingerprint density at radius 2 is 1.92 bits per heavy atom. The Labute approximate surface area is 76.5 Å². The molecule has 13 heavy (non-hydrogen) atoms. The largest absolute Gasteiger partial charge is 0.368 e. The molecule has 4 N–H and O–H groups in total. The van der Waals surface area contributed by atoms with E-state index in [9.17, 15) is 13.6 Å².